The second-order valence-corrected chi connectivity index (χ2v) is 9.94. The Balaban J connectivity index is 1.32. The Kier molecular flexibility index (Phi) is 6.65. The van der Waals surface area contributed by atoms with E-state index in [4.69, 9.17) is 22.1 Å². The topological polar surface area (TPSA) is 105 Å². The van der Waals surface area contributed by atoms with Crippen molar-refractivity contribution in [1.29, 1.82) is 0 Å². The number of aliphatic hydroxyl groups excluding tert-OH is 1. The van der Waals surface area contributed by atoms with Crippen LogP contribution in [0.5, 0.6) is 5.75 Å². The maximum absolute atomic E-state index is 14.2. The summed E-state index contributed by atoms with van der Waals surface area (Å²) in [5.74, 6) is -0.145. The third-order valence-electron chi connectivity index (χ3n) is 7.12. The van der Waals surface area contributed by atoms with Gasteiger partial charge in [-0.3, -0.25) is 9.69 Å². The van der Waals surface area contributed by atoms with E-state index in [0.717, 1.165) is 19.4 Å². The Morgan fingerprint density at radius 1 is 1.26 bits per heavy atom. The minimum Gasteiger partial charge on any atom is -0.489 e. The molecule has 0 radical (unpaired) electrons. The molecule has 1 aromatic heterocycles. The molecule has 3 N–H and O–H groups in total. The van der Waals surface area contributed by atoms with Crippen molar-refractivity contribution in [2.45, 2.75) is 56.9 Å². The Morgan fingerprint density at radius 2 is 2.03 bits per heavy atom. The summed E-state index contributed by atoms with van der Waals surface area (Å²) < 4.78 is 20.4. The lowest BCUT2D eigenvalue weighted by atomic mass is 9.99. The Hall–Kier alpha value is -2.75. The Morgan fingerprint density at radius 3 is 2.74 bits per heavy atom. The fourth-order valence-corrected chi connectivity index (χ4v) is 5.65. The molecule has 2 aromatic rings. The maximum Gasteiger partial charge on any atom is 0.258 e. The largest absolute Gasteiger partial charge is 0.489 e. The molecule has 4 atom stereocenters. The predicted molar refractivity (Wildman–Crippen MR) is 129 cm³/mol. The van der Waals surface area contributed by atoms with Crippen LogP contribution < -0.4 is 10.5 Å². The zero-order valence-electron chi connectivity index (χ0n) is 19.5. The molecule has 3 aliphatic rings. The highest BCUT2D eigenvalue weighted by atomic mass is 35.5. The first-order valence-corrected chi connectivity index (χ1v) is 12.4. The first kappa shape index (κ1) is 24.0. The van der Waals surface area contributed by atoms with Crippen molar-refractivity contribution in [2.24, 2.45) is 5.73 Å². The molecule has 1 amide bonds. The third-order valence-corrected chi connectivity index (χ3v) is 7.31. The first-order chi connectivity index (χ1) is 16.8. The quantitative estimate of drug-likeness (QED) is 0.627. The molecule has 1 aromatic carbocycles. The molecule has 186 valence electrons. The van der Waals surface area contributed by atoms with Crippen LogP contribution in [-0.2, 0) is 0 Å². The number of aliphatic hydroxyl groups is 1. The van der Waals surface area contributed by atoms with Crippen LogP contribution in [0, 0.1) is 5.82 Å². The van der Waals surface area contributed by atoms with Crippen LogP contribution in [0.1, 0.15) is 48.8 Å². The summed E-state index contributed by atoms with van der Waals surface area (Å²) in [5, 5.41) is 10.9. The summed E-state index contributed by atoms with van der Waals surface area (Å²) in [5.41, 5.74) is 7.65. The van der Waals surface area contributed by atoms with Gasteiger partial charge >= 0.3 is 0 Å². The highest BCUT2D eigenvalue weighted by molar-refractivity contribution is 6.30. The number of ether oxygens (including phenoxy) is 1. The summed E-state index contributed by atoms with van der Waals surface area (Å²) >= 11 is 5.88. The van der Waals surface area contributed by atoms with E-state index in [2.05, 4.69) is 21.8 Å². The molecule has 2 saturated heterocycles. The summed E-state index contributed by atoms with van der Waals surface area (Å²) in [6.07, 6.45) is 5.47. The number of amides is 1. The summed E-state index contributed by atoms with van der Waals surface area (Å²) in [6.45, 7) is 3.51. The van der Waals surface area contributed by atoms with Crippen LogP contribution in [0.3, 0.4) is 0 Å². The lowest BCUT2D eigenvalue weighted by Crippen LogP contribution is -2.48. The number of carbonyl (C=O) groups is 1. The molecule has 4 heterocycles. The average molecular weight is 502 g/mol. The second-order valence-electron chi connectivity index (χ2n) is 9.50. The SMILES string of the molecule is CCCN1C2CC(Oc3cc(F)ccc3C(=O)N3CC(N)=C(c4ncc(Cl)cn4)C3)CC1C(O)C2. The molecule has 5 rings (SSSR count). The van der Waals surface area contributed by atoms with Crippen LogP contribution in [-0.4, -0.2) is 74.7 Å². The van der Waals surface area contributed by atoms with Gasteiger partial charge in [0.1, 0.15) is 17.7 Å². The van der Waals surface area contributed by atoms with Crippen LogP contribution in [0.25, 0.3) is 5.57 Å². The predicted octanol–water partition coefficient (Wildman–Crippen LogP) is 2.85. The Labute approximate surface area is 208 Å². The van der Waals surface area contributed by atoms with E-state index in [0.29, 0.717) is 35.0 Å². The number of nitrogens with two attached hydrogens (primary N) is 1. The molecule has 3 aliphatic heterocycles. The lowest BCUT2D eigenvalue weighted by molar-refractivity contribution is 0.0248. The van der Waals surface area contributed by atoms with Gasteiger partial charge in [-0.1, -0.05) is 18.5 Å². The molecular formula is C25H29ClFN5O3. The third kappa shape index (κ3) is 4.72. The van der Waals surface area contributed by atoms with Crippen LogP contribution in [0.15, 0.2) is 36.3 Å². The molecule has 35 heavy (non-hydrogen) atoms. The van der Waals surface area contributed by atoms with Gasteiger partial charge in [0.25, 0.3) is 5.91 Å². The van der Waals surface area contributed by atoms with E-state index < -0.39 is 5.82 Å². The molecule has 0 aliphatic carbocycles. The van der Waals surface area contributed by atoms with E-state index in [9.17, 15) is 14.3 Å². The standard InChI is InChI=1S/C25H29ClFN5O3/c1-2-5-32-16-7-17(9-21(32)22(33)8-16)35-23-6-15(27)3-4-18(23)25(34)31-12-19(20(28)13-31)24-29-10-14(26)11-30-24/h3-4,6,10-11,16-17,21-22,33H,2,5,7-9,12-13,28H2,1H3. The van der Waals surface area contributed by atoms with Crippen molar-refractivity contribution in [1.82, 2.24) is 19.8 Å². The minimum absolute atomic E-state index is 0.0240. The number of nitrogens with zero attached hydrogens (tertiary/aromatic N) is 4. The molecule has 2 bridgehead atoms. The van der Waals surface area contributed by atoms with E-state index in [1.165, 1.54) is 30.6 Å². The number of fused-ring (bicyclic) bond motifs is 2. The maximum atomic E-state index is 14.2. The van der Waals surface area contributed by atoms with Gasteiger partial charge in [-0.05, 0) is 37.9 Å². The highest BCUT2D eigenvalue weighted by Gasteiger charge is 2.46. The van der Waals surface area contributed by atoms with Crippen molar-refractivity contribution < 1.29 is 19.0 Å². The van der Waals surface area contributed by atoms with E-state index in [1.807, 2.05) is 0 Å². The number of hydrogen-bond donors (Lipinski definition) is 2. The zero-order valence-corrected chi connectivity index (χ0v) is 20.3. The molecule has 0 spiro atoms. The molecule has 0 saturated carbocycles. The van der Waals surface area contributed by atoms with Gasteiger partial charge in [0.15, 0.2) is 5.82 Å². The number of halogens is 2. The summed E-state index contributed by atoms with van der Waals surface area (Å²) in [4.78, 5) is 25.8. The van der Waals surface area contributed by atoms with Gasteiger partial charge < -0.3 is 20.5 Å². The highest BCUT2D eigenvalue weighted by Crippen LogP contribution is 2.38. The number of hydrogen-bond acceptors (Lipinski definition) is 7. The number of benzene rings is 1. The number of rotatable bonds is 6. The van der Waals surface area contributed by atoms with Gasteiger partial charge in [0.05, 0.1) is 29.8 Å². The summed E-state index contributed by atoms with van der Waals surface area (Å²) in [6, 6.07) is 4.23. The molecular weight excluding hydrogens is 473 g/mol. The van der Waals surface area contributed by atoms with Crippen molar-refractivity contribution in [2.75, 3.05) is 19.6 Å². The number of aromatic nitrogens is 2. The fourth-order valence-electron chi connectivity index (χ4n) is 5.55. The Bertz CT molecular complexity index is 1140. The van der Waals surface area contributed by atoms with E-state index in [-0.39, 0.29) is 54.6 Å². The number of piperidine rings is 1. The average Bonchev–Trinajstić information content (AvgIpc) is 3.29. The van der Waals surface area contributed by atoms with Crippen LogP contribution in [0.4, 0.5) is 4.39 Å². The molecule has 2 fully saturated rings. The van der Waals surface area contributed by atoms with Crippen molar-refractivity contribution in [3.63, 3.8) is 0 Å². The number of carbonyl (C=O) groups excluding carboxylic acids is 1. The minimum atomic E-state index is -0.475. The van der Waals surface area contributed by atoms with E-state index in [1.54, 1.807) is 4.90 Å². The summed E-state index contributed by atoms with van der Waals surface area (Å²) in [7, 11) is 0. The second kappa shape index (κ2) is 9.72. The van der Waals surface area contributed by atoms with Gasteiger partial charge in [-0.2, -0.15) is 0 Å². The first-order valence-electron chi connectivity index (χ1n) is 12.0. The van der Waals surface area contributed by atoms with Crippen LogP contribution >= 0.6 is 11.6 Å². The normalized spacial score (nSPS) is 26.5. The fraction of sp³-hybridized carbons (Fsp3) is 0.480. The van der Waals surface area contributed by atoms with Gasteiger partial charge in [-0.25, -0.2) is 14.4 Å². The van der Waals surface area contributed by atoms with Gasteiger partial charge in [0, 0.05) is 48.2 Å². The molecule has 10 heteroatoms. The monoisotopic (exact) mass is 501 g/mol. The smallest absolute Gasteiger partial charge is 0.258 e. The van der Waals surface area contributed by atoms with Crippen molar-refractivity contribution in [3.8, 4) is 5.75 Å². The van der Waals surface area contributed by atoms with E-state index >= 15 is 0 Å². The lowest BCUT2D eigenvalue weighted by Gasteiger charge is -2.39. The molecule has 4 unspecified atom stereocenters. The van der Waals surface area contributed by atoms with Gasteiger partial charge in [-0.15, -0.1) is 0 Å². The zero-order chi connectivity index (χ0) is 24.7. The van der Waals surface area contributed by atoms with Gasteiger partial charge in [0.2, 0.25) is 0 Å². The van der Waals surface area contributed by atoms with Crippen LogP contribution in [0.2, 0.25) is 5.02 Å². The van der Waals surface area contributed by atoms with Crippen molar-refractivity contribution in [3.05, 3.63) is 58.5 Å². The van der Waals surface area contributed by atoms with Crippen molar-refractivity contribution >= 4 is 23.1 Å². The molecule has 8 nitrogen and oxygen atoms in total.